The number of amides is 2. The summed E-state index contributed by atoms with van der Waals surface area (Å²) in [5.74, 6) is -1.53. The lowest BCUT2D eigenvalue weighted by Crippen LogP contribution is -2.36. The molecule has 0 aliphatic heterocycles. The zero-order chi connectivity index (χ0) is 15.9. The molecule has 0 radical (unpaired) electrons. The third-order valence-corrected chi connectivity index (χ3v) is 3.58. The Bertz CT molecular complexity index is 655. The number of rotatable bonds is 4. The molecule has 0 aliphatic rings. The van der Waals surface area contributed by atoms with E-state index in [4.69, 9.17) is 23.2 Å². The Kier molecular flexibility index (Phi) is 5.81. The number of nitrogens with one attached hydrogen (secondary N) is 2. The van der Waals surface area contributed by atoms with Gasteiger partial charge in [0.25, 0.3) is 0 Å². The van der Waals surface area contributed by atoms with E-state index in [9.17, 15) is 9.59 Å². The van der Waals surface area contributed by atoms with Crippen molar-refractivity contribution in [2.75, 3.05) is 11.9 Å². The van der Waals surface area contributed by atoms with E-state index in [1.807, 2.05) is 30.3 Å². The van der Waals surface area contributed by atoms with Crippen molar-refractivity contribution < 1.29 is 9.59 Å². The van der Waals surface area contributed by atoms with Crippen molar-refractivity contribution in [1.29, 1.82) is 0 Å². The van der Waals surface area contributed by atoms with Crippen molar-refractivity contribution in [3.05, 3.63) is 64.1 Å². The van der Waals surface area contributed by atoms with E-state index < -0.39 is 11.8 Å². The number of hydrogen-bond acceptors (Lipinski definition) is 2. The number of carbonyl (C=O) groups excluding carboxylic acids is 2. The molecule has 0 aliphatic carbocycles. The highest BCUT2D eigenvalue weighted by molar-refractivity contribution is 6.44. The molecule has 114 valence electrons. The molecule has 0 bridgehead atoms. The smallest absolute Gasteiger partial charge is 0.313 e. The van der Waals surface area contributed by atoms with Crippen LogP contribution in [0.25, 0.3) is 0 Å². The molecule has 6 heteroatoms. The molecule has 0 saturated carbocycles. The third-order valence-electron chi connectivity index (χ3n) is 2.95. The minimum atomic E-state index is -0.803. The maximum atomic E-state index is 11.8. The predicted octanol–water partition coefficient (Wildman–Crippen LogP) is 3.29. The Balaban J connectivity index is 1.86. The summed E-state index contributed by atoms with van der Waals surface area (Å²) in [6.07, 6.45) is 0.646. The molecule has 2 rings (SSSR count). The highest BCUT2D eigenvalue weighted by Gasteiger charge is 2.16. The minimum Gasteiger partial charge on any atom is -0.347 e. The fraction of sp³-hybridized carbons (Fsp3) is 0.125. The second-order valence-corrected chi connectivity index (χ2v) is 5.36. The highest BCUT2D eigenvalue weighted by atomic mass is 35.5. The molecule has 2 aromatic carbocycles. The molecule has 0 atom stereocenters. The second-order valence-electron chi connectivity index (χ2n) is 4.54. The molecule has 22 heavy (non-hydrogen) atoms. The van der Waals surface area contributed by atoms with Crippen molar-refractivity contribution >= 4 is 40.7 Å². The van der Waals surface area contributed by atoms with Gasteiger partial charge in [0.05, 0.1) is 15.7 Å². The van der Waals surface area contributed by atoms with Crippen molar-refractivity contribution in [3.63, 3.8) is 0 Å². The van der Waals surface area contributed by atoms with Gasteiger partial charge in [-0.05, 0) is 24.1 Å². The highest BCUT2D eigenvalue weighted by Crippen LogP contribution is 2.29. The SMILES string of the molecule is O=C(NCCc1ccccc1)C(=O)Nc1c(Cl)cccc1Cl. The van der Waals surface area contributed by atoms with Crippen molar-refractivity contribution in [2.45, 2.75) is 6.42 Å². The molecule has 2 amide bonds. The summed E-state index contributed by atoms with van der Waals surface area (Å²) in [6.45, 7) is 0.368. The molecule has 0 fully saturated rings. The van der Waals surface area contributed by atoms with E-state index in [1.165, 1.54) is 0 Å². The summed E-state index contributed by atoms with van der Waals surface area (Å²) in [4.78, 5) is 23.6. The Labute approximate surface area is 138 Å². The van der Waals surface area contributed by atoms with Gasteiger partial charge in [0, 0.05) is 6.54 Å². The van der Waals surface area contributed by atoms with Crippen LogP contribution < -0.4 is 10.6 Å². The van der Waals surface area contributed by atoms with Crippen molar-refractivity contribution in [3.8, 4) is 0 Å². The van der Waals surface area contributed by atoms with Gasteiger partial charge in [0.15, 0.2) is 0 Å². The van der Waals surface area contributed by atoms with Gasteiger partial charge in [0.2, 0.25) is 0 Å². The first-order valence-corrected chi connectivity index (χ1v) is 7.40. The lowest BCUT2D eigenvalue weighted by atomic mass is 10.1. The van der Waals surface area contributed by atoms with Crippen molar-refractivity contribution in [2.24, 2.45) is 0 Å². The van der Waals surface area contributed by atoms with Crippen LogP contribution in [0.5, 0.6) is 0 Å². The summed E-state index contributed by atoms with van der Waals surface area (Å²) in [6, 6.07) is 14.5. The predicted molar refractivity (Wildman–Crippen MR) is 88.2 cm³/mol. The number of halogens is 2. The van der Waals surface area contributed by atoms with E-state index in [0.717, 1.165) is 5.56 Å². The molecule has 4 nitrogen and oxygen atoms in total. The van der Waals surface area contributed by atoms with Gasteiger partial charge in [-0.15, -0.1) is 0 Å². The summed E-state index contributed by atoms with van der Waals surface area (Å²) < 4.78 is 0. The van der Waals surface area contributed by atoms with Gasteiger partial charge >= 0.3 is 11.8 Å². The van der Waals surface area contributed by atoms with E-state index >= 15 is 0 Å². The van der Waals surface area contributed by atoms with E-state index in [0.29, 0.717) is 13.0 Å². The van der Waals surface area contributed by atoms with Crippen LogP contribution in [0, 0.1) is 0 Å². The molecular weight excluding hydrogens is 323 g/mol. The van der Waals surface area contributed by atoms with Gasteiger partial charge in [0.1, 0.15) is 0 Å². The Morgan fingerprint density at radius 1 is 0.864 bits per heavy atom. The van der Waals surface area contributed by atoms with Crippen LogP contribution in [0.1, 0.15) is 5.56 Å². The van der Waals surface area contributed by atoms with Crippen LogP contribution in [0.15, 0.2) is 48.5 Å². The zero-order valence-electron chi connectivity index (χ0n) is 11.6. The molecule has 2 N–H and O–H groups in total. The summed E-state index contributed by atoms with van der Waals surface area (Å²) >= 11 is 11.9. The molecule has 0 spiro atoms. The first-order valence-electron chi connectivity index (χ1n) is 6.65. The van der Waals surface area contributed by atoms with Crippen LogP contribution in [0.3, 0.4) is 0 Å². The second kappa shape index (κ2) is 7.82. The average molecular weight is 337 g/mol. The molecule has 0 saturated heterocycles. The summed E-state index contributed by atoms with van der Waals surface area (Å²) in [5, 5.41) is 5.52. The van der Waals surface area contributed by atoms with Gasteiger partial charge in [-0.1, -0.05) is 59.6 Å². The lowest BCUT2D eigenvalue weighted by molar-refractivity contribution is -0.136. The molecule has 0 aromatic heterocycles. The van der Waals surface area contributed by atoms with Crippen molar-refractivity contribution in [1.82, 2.24) is 5.32 Å². The molecule has 0 unspecified atom stereocenters. The van der Waals surface area contributed by atoms with Gasteiger partial charge < -0.3 is 10.6 Å². The maximum Gasteiger partial charge on any atom is 0.313 e. The Hall–Kier alpha value is -2.04. The van der Waals surface area contributed by atoms with E-state index in [2.05, 4.69) is 10.6 Å². The first kappa shape index (κ1) is 16.3. The monoisotopic (exact) mass is 336 g/mol. The van der Waals surface area contributed by atoms with Crippen LogP contribution in [-0.4, -0.2) is 18.4 Å². The molecule has 0 heterocycles. The zero-order valence-corrected chi connectivity index (χ0v) is 13.1. The van der Waals surface area contributed by atoms with Crippen LogP contribution in [0.4, 0.5) is 5.69 Å². The summed E-state index contributed by atoms with van der Waals surface area (Å²) in [7, 11) is 0. The summed E-state index contributed by atoms with van der Waals surface area (Å²) in [5.41, 5.74) is 1.31. The fourth-order valence-electron chi connectivity index (χ4n) is 1.83. The average Bonchev–Trinajstić information content (AvgIpc) is 2.52. The quantitative estimate of drug-likeness (QED) is 0.841. The van der Waals surface area contributed by atoms with Crippen LogP contribution in [-0.2, 0) is 16.0 Å². The molecule has 2 aromatic rings. The largest absolute Gasteiger partial charge is 0.347 e. The van der Waals surface area contributed by atoms with E-state index in [1.54, 1.807) is 18.2 Å². The third kappa shape index (κ3) is 4.48. The van der Waals surface area contributed by atoms with Crippen LogP contribution >= 0.6 is 23.2 Å². The Morgan fingerprint density at radius 2 is 1.50 bits per heavy atom. The number of para-hydroxylation sites is 1. The number of hydrogen-bond donors (Lipinski definition) is 2. The number of anilines is 1. The number of benzene rings is 2. The minimum absolute atomic E-state index is 0.231. The Morgan fingerprint density at radius 3 is 2.14 bits per heavy atom. The van der Waals surface area contributed by atoms with Gasteiger partial charge in [-0.25, -0.2) is 0 Å². The fourth-order valence-corrected chi connectivity index (χ4v) is 2.32. The topological polar surface area (TPSA) is 58.2 Å². The first-order chi connectivity index (χ1) is 10.6. The number of carbonyl (C=O) groups is 2. The lowest BCUT2D eigenvalue weighted by Gasteiger charge is -2.09. The van der Waals surface area contributed by atoms with Crippen LogP contribution in [0.2, 0.25) is 10.0 Å². The standard InChI is InChI=1S/C16H14Cl2N2O2/c17-12-7-4-8-13(18)14(12)20-16(22)15(21)19-10-9-11-5-2-1-3-6-11/h1-8H,9-10H2,(H,19,21)(H,20,22). The van der Waals surface area contributed by atoms with Gasteiger partial charge in [-0.3, -0.25) is 9.59 Å². The normalized spacial score (nSPS) is 10.1. The van der Waals surface area contributed by atoms with E-state index in [-0.39, 0.29) is 15.7 Å². The molecular formula is C16H14Cl2N2O2. The van der Waals surface area contributed by atoms with Gasteiger partial charge in [-0.2, -0.15) is 0 Å². The maximum absolute atomic E-state index is 11.8.